The SMILES string of the molecule is CN(C)C(=O)c1ccc(-c2cnc(N)c(-c3nnc(-c4cccc(CCO)c4)o3)n2)cc1.[HH].[HH].[HH]. The molecule has 0 aliphatic heterocycles. The quantitative estimate of drug-likeness (QED) is 0.470. The molecule has 9 heteroatoms. The minimum atomic E-state index is -0.0814. The van der Waals surface area contributed by atoms with Gasteiger partial charge in [0.25, 0.3) is 11.8 Å². The summed E-state index contributed by atoms with van der Waals surface area (Å²) in [7, 11) is 3.41. The van der Waals surface area contributed by atoms with Gasteiger partial charge < -0.3 is 20.2 Å². The number of benzene rings is 2. The second-order valence-electron chi connectivity index (χ2n) is 7.35. The number of anilines is 1. The summed E-state index contributed by atoms with van der Waals surface area (Å²) in [5, 5.41) is 17.4. The lowest BCUT2D eigenvalue weighted by atomic mass is 10.1. The van der Waals surface area contributed by atoms with Crippen molar-refractivity contribution in [3.05, 3.63) is 65.9 Å². The first kappa shape index (κ1) is 21.1. The van der Waals surface area contributed by atoms with Gasteiger partial charge in [-0.25, -0.2) is 9.97 Å². The first-order chi connectivity index (χ1) is 15.5. The summed E-state index contributed by atoms with van der Waals surface area (Å²) in [5.74, 6) is 0.552. The maximum Gasteiger partial charge on any atom is 0.270 e. The number of nitrogen functional groups attached to an aromatic ring is 1. The van der Waals surface area contributed by atoms with Crippen molar-refractivity contribution in [1.29, 1.82) is 0 Å². The van der Waals surface area contributed by atoms with Gasteiger partial charge in [0.05, 0.1) is 11.9 Å². The molecule has 1 amide bonds. The molecule has 0 fully saturated rings. The molecule has 0 bridgehead atoms. The van der Waals surface area contributed by atoms with E-state index in [1.165, 1.54) is 4.90 Å². The molecule has 0 unspecified atom stereocenters. The molecule has 0 aliphatic carbocycles. The zero-order chi connectivity index (χ0) is 22.7. The minimum Gasteiger partial charge on any atom is -0.414 e. The Balaban J connectivity index is 0.00000204. The number of aliphatic hydroxyl groups is 1. The van der Waals surface area contributed by atoms with Crippen LogP contribution in [0.25, 0.3) is 34.3 Å². The summed E-state index contributed by atoms with van der Waals surface area (Å²) in [4.78, 5) is 22.4. The van der Waals surface area contributed by atoms with Crippen LogP contribution in [0, 0.1) is 0 Å². The third-order valence-electron chi connectivity index (χ3n) is 4.84. The Morgan fingerprint density at radius 3 is 2.56 bits per heavy atom. The van der Waals surface area contributed by atoms with Crippen LogP contribution in [0.1, 0.15) is 20.2 Å². The summed E-state index contributed by atoms with van der Waals surface area (Å²) in [6, 6.07) is 14.6. The fourth-order valence-corrected chi connectivity index (χ4v) is 3.16. The molecule has 2 aromatic heterocycles. The minimum absolute atomic E-state index is 0. The third-order valence-corrected chi connectivity index (χ3v) is 4.84. The van der Waals surface area contributed by atoms with Gasteiger partial charge in [-0.1, -0.05) is 24.3 Å². The van der Waals surface area contributed by atoms with Gasteiger partial charge in [0, 0.05) is 41.7 Å². The van der Waals surface area contributed by atoms with Crippen LogP contribution in [-0.2, 0) is 6.42 Å². The molecule has 4 rings (SSSR count). The summed E-state index contributed by atoms with van der Waals surface area (Å²) in [5.41, 5.74) is 9.91. The lowest BCUT2D eigenvalue weighted by molar-refractivity contribution is 0.0827. The van der Waals surface area contributed by atoms with E-state index in [0.717, 1.165) is 16.7 Å². The Hall–Kier alpha value is -4.11. The fourth-order valence-electron chi connectivity index (χ4n) is 3.16. The van der Waals surface area contributed by atoms with Gasteiger partial charge in [0.15, 0.2) is 11.5 Å². The van der Waals surface area contributed by atoms with Gasteiger partial charge in [0.1, 0.15) is 0 Å². The Labute approximate surface area is 189 Å². The van der Waals surface area contributed by atoms with E-state index in [4.69, 9.17) is 15.3 Å². The van der Waals surface area contributed by atoms with Gasteiger partial charge in [0.2, 0.25) is 5.89 Å². The molecular formula is C23H28N6O3. The summed E-state index contributed by atoms with van der Waals surface area (Å²) in [6.45, 7) is 0.0573. The highest BCUT2D eigenvalue weighted by Gasteiger charge is 2.17. The van der Waals surface area contributed by atoms with Gasteiger partial charge in [-0.15, -0.1) is 10.2 Å². The summed E-state index contributed by atoms with van der Waals surface area (Å²) >= 11 is 0. The number of aliphatic hydroxyl groups excluding tert-OH is 1. The number of rotatable bonds is 6. The van der Waals surface area contributed by atoms with E-state index in [1.807, 2.05) is 24.3 Å². The molecular weight excluding hydrogens is 408 g/mol. The van der Waals surface area contributed by atoms with E-state index in [0.29, 0.717) is 23.6 Å². The predicted octanol–water partition coefficient (Wildman–Crippen LogP) is 3.42. The van der Waals surface area contributed by atoms with Crippen LogP contribution in [0.4, 0.5) is 5.82 Å². The van der Waals surface area contributed by atoms with E-state index in [9.17, 15) is 4.79 Å². The van der Waals surface area contributed by atoms with Crippen LogP contribution < -0.4 is 5.73 Å². The Bertz CT molecular complexity index is 1270. The number of aromatic nitrogens is 4. The van der Waals surface area contributed by atoms with Crippen LogP contribution in [0.5, 0.6) is 0 Å². The van der Waals surface area contributed by atoms with Crippen molar-refractivity contribution in [3.8, 4) is 34.3 Å². The van der Waals surface area contributed by atoms with Crippen molar-refractivity contribution in [2.24, 2.45) is 0 Å². The number of nitrogens with zero attached hydrogens (tertiary/aromatic N) is 5. The highest BCUT2D eigenvalue weighted by atomic mass is 16.4. The molecule has 32 heavy (non-hydrogen) atoms. The fraction of sp³-hybridized carbons (Fsp3) is 0.174. The molecule has 0 aliphatic rings. The zero-order valence-electron chi connectivity index (χ0n) is 17.7. The maximum absolute atomic E-state index is 12.1. The van der Waals surface area contributed by atoms with Crippen LogP contribution in [0.15, 0.2) is 59.1 Å². The van der Waals surface area contributed by atoms with Crippen molar-refractivity contribution in [1.82, 2.24) is 25.1 Å². The van der Waals surface area contributed by atoms with Gasteiger partial charge in [-0.2, -0.15) is 0 Å². The molecule has 4 aromatic rings. The maximum atomic E-state index is 12.1. The topological polar surface area (TPSA) is 131 Å². The van der Waals surface area contributed by atoms with Crippen molar-refractivity contribution >= 4 is 11.7 Å². The predicted molar refractivity (Wildman–Crippen MR) is 126 cm³/mol. The Morgan fingerprint density at radius 1 is 1.09 bits per heavy atom. The van der Waals surface area contributed by atoms with Crippen LogP contribution in [0.2, 0.25) is 0 Å². The normalized spacial score (nSPS) is 10.8. The van der Waals surface area contributed by atoms with E-state index >= 15 is 0 Å². The Kier molecular flexibility index (Phi) is 5.91. The van der Waals surface area contributed by atoms with Crippen molar-refractivity contribution in [2.45, 2.75) is 6.42 Å². The third kappa shape index (κ3) is 4.33. The number of hydrogen-bond donors (Lipinski definition) is 2. The molecule has 0 spiro atoms. The standard InChI is InChI=1S/C23H22N6O3.3H2/c1-29(2)23(31)16-8-6-15(7-9-16)18-13-25-20(24)19(26-18)22-28-27-21(32-22)17-5-3-4-14(12-17)10-11-30;;;/h3-9,12-13,30H,10-11H2,1-2H3,(H2,24,25);3*1H. The molecule has 0 radical (unpaired) electrons. The highest BCUT2D eigenvalue weighted by molar-refractivity contribution is 5.94. The lowest BCUT2D eigenvalue weighted by Crippen LogP contribution is -2.21. The van der Waals surface area contributed by atoms with Gasteiger partial charge in [-0.3, -0.25) is 4.79 Å². The van der Waals surface area contributed by atoms with Crippen LogP contribution >= 0.6 is 0 Å². The van der Waals surface area contributed by atoms with Gasteiger partial charge in [-0.05, 0) is 36.2 Å². The van der Waals surface area contributed by atoms with E-state index in [-0.39, 0.29) is 34.2 Å². The Morgan fingerprint density at radius 2 is 1.84 bits per heavy atom. The van der Waals surface area contributed by atoms with E-state index < -0.39 is 0 Å². The molecule has 168 valence electrons. The van der Waals surface area contributed by atoms with Crippen molar-refractivity contribution in [2.75, 3.05) is 26.4 Å². The first-order valence-corrected chi connectivity index (χ1v) is 9.95. The number of nitrogens with two attached hydrogens (primary N) is 1. The number of amides is 1. The van der Waals surface area contributed by atoms with E-state index in [1.54, 1.807) is 44.6 Å². The first-order valence-electron chi connectivity index (χ1n) is 9.95. The van der Waals surface area contributed by atoms with Crippen LogP contribution in [0.3, 0.4) is 0 Å². The average Bonchev–Trinajstić information content (AvgIpc) is 3.29. The number of carbonyl (C=O) groups excluding carboxylic acids is 1. The smallest absolute Gasteiger partial charge is 0.270 e. The van der Waals surface area contributed by atoms with Crippen molar-refractivity contribution < 1.29 is 18.6 Å². The average molecular weight is 437 g/mol. The molecule has 3 N–H and O–H groups in total. The zero-order valence-corrected chi connectivity index (χ0v) is 17.7. The molecule has 0 saturated carbocycles. The number of carbonyl (C=O) groups is 1. The molecule has 2 heterocycles. The molecule has 0 atom stereocenters. The number of hydrogen-bond acceptors (Lipinski definition) is 8. The second kappa shape index (κ2) is 8.94. The second-order valence-corrected chi connectivity index (χ2v) is 7.35. The van der Waals surface area contributed by atoms with Gasteiger partial charge >= 0.3 is 0 Å². The lowest BCUT2D eigenvalue weighted by Gasteiger charge is -2.10. The highest BCUT2D eigenvalue weighted by Crippen LogP contribution is 2.28. The molecule has 9 nitrogen and oxygen atoms in total. The monoisotopic (exact) mass is 436 g/mol. The van der Waals surface area contributed by atoms with Crippen LogP contribution in [-0.4, -0.2) is 56.8 Å². The largest absolute Gasteiger partial charge is 0.414 e. The summed E-state index contributed by atoms with van der Waals surface area (Å²) in [6.07, 6.45) is 2.09. The van der Waals surface area contributed by atoms with Crippen molar-refractivity contribution in [3.63, 3.8) is 0 Å². The molecule has 0 saturated heterocycles. The summed E-state index contributed by atoms with van der Waals surface area (Å²) < 4.78 is 5.82. The molecule has 2 aromatic carbocycles. The van der Waals surface area contributed by atoms with E-state index in [2.05, 4.69) is 20.2 Å².